The third kappa shape index (κ3) is 20.9. The monoisotopic (exact) mass is 1030 g/mol. The van der Waals surface area contributed by atoms with E-state index in [4.69, 9.17) is 28.4 Å². The van der Waals surface area contributed by atoms with E-state index < -0.39 is 52.1 Å². The van der Waals surface area contributed by atoms with Crippen molar-refractivity contribution < 1.29 is 48.2 Å². The van der Waals surface area contributed by atoms with Crippen molar-refractivity contribution in [2.45, 2.75) is 209 Å². The summed E-state index contributed by atoms with van der Waals surface area (Å²) >= 11 is 0. The van der Waals surface area contributed by atoms with Crippen LogP contribution >= 0.6 is 0 Å². The summed E-state index contributed by atoms with van der Waals surface area (Å²) < 4.78 is 35.6. The smallest absolute Gasteiger partial charge is 0.338 e. The molecule has 0 amide bonds. The number of hydrogen-bond acceptors (Lipinski definition) is 10. The quantitative estimate of drug-likeness (QED) is 0.0572. The summed E-state index contributed by atoms with van der Waals surface area (Å²) in [5.74, 6) is 5.44. The molecule has 12 heteroatoms. The van der Waals surface area contributed by atoms with Crippen LogP contribution in [0.2, 0.25) is 51.4 Å². The van der Waals surface area contributed by atoms with Crippen LogP contribution in [0.15, 0.2) is 48.6 Å². The van der Waals surface area contributed by atoms with Gasteiger partial charge >= 0.3 is 11.9 Å². The molecule has 2 aliphatic rings. The van der Waals surface area contributed by atoms with Crippen LogP contribution in [-0.2, 0) is 28.4 Å². The van der Waals surface area contributed by atoms with Crippen molar-refractivity contribution in [3.05, 3.63) is 93.1 Å². The first-order valence-corrected chi connectivity index (χ1v) is 33.8. The van der Waals surface area contributed by atoms with Gasteiger partial charge in [0.1, 0.15) is 24.4 Å². The summed E-state index contributed by atoms with van der Waals surface area (Å²) in [7, 11) is -2.58. The van der Waals surface area contributed by atoms with Gasteiger partial charge in [-0.2, -0.15) is 0 Å². The number of hydrogen-bond donors (Lipinski definition) is 2. The molecule has 72 heavy (non-hydrogen) atoms. The predicted octanol–water partition coefficient (Wildman–Crippen LogP) is 13.3. The first-order chi connectivity index (χ1) is 33.2. The number of aliphatic hydroxyl groups excluding tert-OH is 2. The highest BCUT2D eigenvalue weighted by Crippen LogP contribution is 2.34. The Balaban J connectivity index is 0.000000380. The van der Waals surface area contributed by atoms with E-state index in [2.05, 4.69) is 92.7 Å². The number of carbonyl (C=O) groups excluding carboxylic acids is 2. The molecule has 2 saturated heterocycles. The van der Waals surface area contributed by atoms with Gasteiger partial charge in [-0.15, -0.1) is 0 Å². The van der Waals surface area contributed by atoms with Crippen LogP contribution in [0.3, 0.4) is 0 Å². The minimum absolute atomic E-state index is 0.182. The molecule has 4 rings (SSSR count). The molecule has 2 aliphatic heterocycles. The van der Waals surface area contributed by atoms with Crippen LogP contribution in [-0.4, -0.2) is 99.7 Å². The summed E-state index contributed by atoms with van der Waals surface area (Å²) in [6.07, 6.45) is 9.46. The number of esters is 2. The Morgan fingerprint density at radius 3 is 1.44 bits per heavy atom. The Morgan fingerprint density at radius 2 is 1.04 bits per heavy atom. The number of aliphatic hydroxyl groups is 2. The molecular weight excluding hydrogens is 937 g/mol. The van der Waals surface area contributed by atoms with E-state index in [0.29, 0.717) is 54.9 Å². The van der Waals surface area contributed by atoms with E-state index in [9.17, 15) is 19.8 Å². The van der Waals surface area contributed by atoms with Gasteiger partial charge in [-0.05, 0) is 120 Å². The van der Waals surface area contributed by atoms with Crippen LogP contribution in [0, 0.1) is 63.2 Å². The van der Waals surface area contributed by atoms with Crippen LogP contribution in [0.5, 0.6) is 0 Å². The molecule has 10 nitrogen and oxygen atoms in total. The highest BCUT2D eigenvalue weighted by molar-refractivity contribution is 6.76. The zero-order chi connectivity index (χ0) is 54.5. The summed E-state index contributed by atoms with van der Waals surface area (Å²) in [5, 5.41) is 21.6. The maximum Gasteiger partial charge on any atom is 0.338 e. The Morgan fingerprint density at radius 1 is 0.625 bits per heavy atom. The minimum atomic E-state index is -1.29. The Kier molecular flexibility index (Phi) is 23.7. The third-order valence-electron chi connectivity index (χ3n) is 13.1. The van der Waals surface area contributed by atoms with Crippen LogP contribution in [0.4, 0.5) is 0 Å². The van der Waals surface area contributed by atoms with Gasteiger partial charge in [0, 0.05) is 22.1 Å². The van der Waals surface area contributed by atoms with Gasteiger partial charge < -0.3 is 38.6 Å². The minimum Gasteiger partial charge on any atom is -0.462 e. The molecule has 8 atom stereocenters. The van der Waals surface area contributed by atoms with E-state index >= 15 is 0 Å². The fourth-order valence-corrected chi connectivity index (χ4v) is 9.69. The third-order valence-corrected chi connectivity index (χ3v) is 16.6. The Hall–Kier alpha value is -3.65. The van der Waals surface area contributed by atoms with Gasteiger partial charge in [0.15, 0.2) is 11.6 Å². The zero-order valence-electron chi connectivity index (χ0n) is 48.0. The highest BCUT2D eigenvalue weighted by atomic mass is 28.3. The maximum absolute atomic E-state index is 13.0. The molecule has 2 aromatic rings. The molecule has 0 radical (unpaired) electrons. The maximum atomic E-state index is 13.0. The number of aryl methyl sites for hydroxylation is 4. The molecule has 0 aromatic heterocycles. The molecule has 0 saturated carbocycles. The summed E-state index contributed by atoms with van der Waals surface area (Å²) in [6.45, 7) is 42.6. The molecule has 0 aliphatic carbocycles. The molecule has 0 spiro atoms. The SMILES string of the molecule is Cc1cc(C)c(C(=O)OCC[Si](C)(C)C)c(/C=C/C[C@@H]2OC(C)(C)O[C@@H]2C(O)/C=C\[C@H](C)C(C)C)c1.Cc1cc(C)c(C(=O)OCC[Si](C)(C)C)c(/C=C/C[C@@H]2OC(C)(C)O[C@@H]2C(O)C#C[C@H](C)C(C)C)c1. The van der Waals surface area contributed by atoms with E-state index in [-0.39, 0.29) is 30.1 Å². The van der Waals surface area contributed by atoms with E-state index in [0.717, 1.165) is 45.5 Å². The van der Waals surface area contributed by atoms with Gasteiger partial charge in [-0.1, -0.05) is 165 Å². The Bertz CT molecular complexity index is 2250. The molecule has 2 aromatic carbocycles. The number of rotatable bonds is 20. The van der Waals surface area contributed by atoms with Gasteiger partial charge in [-0.25, -0.2) is 9.59 Å². The van der Waals surface area contributed by atoms with Crippen LogP contribution < -0.4 is 0 Å². The van der Waals surface area contributed by atoms with Gasteiger partial charge in [0.05, 0.1) is 36.5 Å². The fraction of sp³-hybridized carbons (Fsp3) is 0.633. The molecular formula is C60H94O10Si2. The average molecular weight is 1030 g/mol. The summed E-state index contributed by atoms with van der Waals surface area (Å²) in [5.41, 5.74) is 6.85. The molecule has 2 N–H and O–H groups in total. The molecule has 2 heterocycles. The van der Waals surface area contributed by atoms with E-state index in [1.165, 1.54) is 0 Å². The van der Waals surface area contributed by atoms with Crippen LogP contribution in [0.1, 0.15) is 136 Å². The molecule has 0 bridgehead atoms. The molecule has 2 unspecified atom stereocenters. The number of carbonyl (C=O) groups is 2. The second kappa shape index (κ2) is 27.2. The lowest BCUT2D eigenvalue weighted by Gasteiger charge is -2.20. The van der Waals surface area contributed by atoms with Crippen molar-refractivity contribution in [1.29, 1.82) is 0 Å². The van der Waals surface area contributed by atoms with Crippen molar-refractivity contribution in [3.8, 4) is 11.8 Å². The van der Waals surface area contributed by atoms with E-state index in [1.54, 1.807) is 0 Å². The Labute approximate surface area is 437 Å². The average Bonchev–Trinajstić information content (AvgIpc) is 3.73. The molecule has 402 valence electrons. The lowest BCUT2D eigenvalue weighted by atomic mass is 9.95. The lowest BCUT2D eigenvalue weighted by molar-refractivity contribution is -0.152. The fourth-order valence-electron chi connectivity index (χ4n) is 8.26. The van der Waals surface area contributed by atoms with Crippen molar-refractivity contribution in [2.75, 3.05) is 13.2 Å². The first kappa shape index (κ1) is 62.6. The van der Waals surface area contributed by atoms with Gasteiger partial charge in [-0.3, -0.25) is 0 Å². The van der Waals surface area contributed by atoms with Crippen molar-refractivity contribution >= 4 is 40.2 Å². The second-order valence-corrected chi connectivity index (χ2v) is 35.5. The van der Waals surface area contributed by atoms with Gasteiger partial charge in [0.25, 0.3) is 0 Å². The van der Waals surface area contributed by atoms with Crippen molar-refractivity contribution in [1.82, 2.24) is 0 Å². The summed E-state index contributed by atoms with van der Waals surface area (Å²) in [4.78, 5) is 25.9. The number of ether oxygens (including phenoxy) is 6. The number of allylic oxidation sites excluding steroid dienone is 1. The highest BCUT2D eigenvalue weighted by Gasteiger charge is 2.45. The predicted molar refractivity (Wildman–Crippen MR) is 301 cm³/mol. The number of benzene rings is 2. The molecule has 2 fully saturated rings. The standard InChI is InChI=1S/C30H48O5Si.C30H46O5Si/c2*1-20(2)22(4)14-15-25(31)28-26(34-30(6,7)35-28)13-11-12-24-19-21(3)18-23(5)27(24)29(32)33-16-17-36(8,9)10/h11-12,14-15,18-20,22,25-26,28,31H,13,16-17H2,1-10H3;11-12,18-20,22,25-26,28,31H,13,16-17H2,1-10H3/b12-11+,15-14-;12-11+/t2*22-,25?,26-,28+/m00/s1. The van der Waals surface area contributed by atoms with Gasteiger partial charge in [0.2, 0.25) is 0 Å². The zero-order valence-corrected chi connectivity index (χ0v) is 50.0. The van der Waals surface area contributed by atoms with E-state index in [1.807, 2.05) is 116 Å². The largest absolute Gasteiger partial charge is 0.462 e. The lowest BCUT2D eigenvalue weighted by Crippen LogP contribution is -2.34. The normalized spacial score (nSPS) is 21.7. The summed E-state index contributed by atoms with van der Waals surface area (Å²) in [6, 6.07) is 9.91. The first-order valence-electron chi connectivity index (χ1n) is 26.4. The van der Waals surface area contributed by atoms with Crippen molar-refractivity contribution in [3.63, 3.8) is 0 Å². The topological polar surface area (TPSA) is 130 Å². The van der Waals surface area contributed by atoms with Crippen LogP contribution in [0.25, 0.3) is 12.2 Å². The second-order valence-electron chi connectivity index (χ2n) is 24.3. The van der Waals surface area contributed by atoms with Crippen molar-refractivity contribution in [2.24, 2.45) is 23.7 Å².